The van der Waals surface area contributed by atoms with Gasteiger partial charge < -0.3 is 45.3 Å². The summed E-state index contributed by atoms with van der Waals surface area (Å²) < 4.78 is 16.0. The maximum Gasteiger partial charge on any atom is 0.338 e. The van der Waals surface area contributed by atoms with E-state index in [9.17, 15) is 30.0 Å². The van der Waals surface area contributed by atoms with Crippen LogP contribution in [0.1, 0.15) is 25.5 Å². The summed E-state index contributed by atoms with van der Waals surface area (Å²) in [6.45, 7) is 2.90. The molecule has 1 saturated heterocycles. The molecule has 1 aromatic carbocycles. The van der Waals surface area contributed by atoms with E-state index in [1.54, 1.807) is 26.0 Å². The van der Waals surface area contributed by atoms with Crippen molar-refractivity contribution in [2.45, 2.75) is 50.6 Å². The normalized spacial score (nSPS) is 31.0. The van der Waals surface area contributed by atoms with Crippen molar-refractivity contribution in [3.8, 4) is 5.75 Å². The number of urea groups is 1. The molecule has 1 fully saturated rings. The van der Waals surface area contributed by atoms with Gasteiger partial charge in [-0.1, -0.05) is 12.1 Å². The highest BCUT2D eigenvalue weighted by Crippen LogP contribution is 2.30. The first-order valence-corrected chi connectivity index (χ1v) is 9.79. The van der Waals surface area contributed by atoms with E-state index in [2.05, 4.69) is 10.6 Å². The number of benzene rings is 1. The molecule has 0 aromatic heterocycles. The summed E-state index contributed by atoms with van der Waals surface area (Å²) in [6, 6.07) is 5.09. The average Bonchev–Trinajstić information content (AvgIpc) is 2.74. The minimum Gasteiger partial charge on any atom is -0.463 e. The second-order valence-corrected chi connectivity index (χ2v) is 7.17. The Bertz CT molecular complexity index is 840. The molecule has 170 valence electrons. The van der Waals surface area contributed by atoms with Gasteiger partial charge >= 0.3 is 12.0 Å². The zero-order chi connectivity index (χ0) is 22.7. The van der Waals surface area contributed by atoms with Crippen molar-refractivity contribution in [1.29, 1.82) is 0 Å². The number of esters is 1. The van der Waals surface area contributed by atoms with Crippen LogP contribution < -0.4 is 15.4 Å². The number of ether oxygens (including phenoxy) is 3. The predicted octanol–water partition coefficient (Wildman–Crippen LogP) is -0.944. The monoisotopic (exact) mass is 438 g/mol. The standard InChI is InChI=1S/C20H26N2O9/c1-3-29-18(27)13-9(2)21-20(28)22-14(13)10-4-6-11(7-5-10)30-19-17(26)16(25)15(24)12(8-23)31-19/h4-7,12,14-17,19,23-26H,3,8H2,1-2H3,(H2,21,22,28)/t12-,14?,15-,16-,17-,19-/m1/s1. The Labute approximate surface area is 178 Å². The molecule has 0 bridgehead atoms. The summed E-state index contributed by atoms with van der Waals surface area (Å²) in [5.41, 5.74) is 1.23. The summed E-state index contributed by atoms with van der Waals surface area (Å²) in [6.07, 6.45) is -6.99. The van der Waals surface area contributed by atoms with Gasteiger partial charge in [-0.05, 0) is 31.5 Å². The van der Waals surface area contributed by atoms with Crippen LogP contribution in [0.3, 0.4) is 0 Å². The molecule has 3 rings (SSSR count). The Morgan fingerprint density at radius 3 is 2.42 bits per heavy atom. The summed E-state index contributed by atoms with van der Waals surface area (Å²) in [7, 11) is 0. The highest BCUT2D eigenvalue weighted by atomic mass is 16.7. The predicted molar refractivity (Wildman–Crippen MR) is 105 cm³/mol. The van der Waals surface area contributed by atoms with Crippen LogP contribution in [0.2, 0.25) is 0 Å². The zero-order valence-corrected chi connectivity index (χ0v) is 17.0. The fourth-order valence-corrected chi connectivity index (χ4v) is 3.46. The van der Waals surface area contributed by atoms with Crippen LogP contribution in [0.25, 0.3) is 0 Å². The lowest BCUT2D eigenvalue weighted by molar-refractivity contribution is -0.277. The van der Waals surface area contributed by atoms with Crippen LogP contribution in [0.4, 0.5) is 4.79 Å². The van der Waals surface area contributed by atoms with E-state index in [0.29, 0.717) is 11.3 Å². The van der Waals surface area contributed by atoms with E-state index in [1.807, 2.05) is 0 Å². The SMILES string of the molecule is CCOC(=O)C1=C(C)NC(=O)NC1c1ccc(O[C@@H]2O[C@H](CO)[C@@H](O)[C@@H](O)[C@H]2O)cc1. The molecule has 31 heavy (non-hydrogen) atoms. The number of allylic oxidation sites excluding steroid dienone is 1. The lowest BCUT2D eigenvalue weighted by Crippen LogP contribution is -2.60. The Morgan fingerprint density at radius 1 is 1.13 bits per heavy atom. The van der Waals surface area contributed by atoms with Crippen molar-refractivity contribution in [3.63, 3.8) is 0 Å². The highest BCUT2D eigenvalue weighted by Gasteiger charge is 2.44. The molecular weight excluding hydrogens is 412 g/mol. The molecular formula is C20H26N2O9. The number of carbonyl (C=O) groups excluding carboxylic acids is 2. The van der Waals surface area contributed by atoms with Crippen LogP contribution in [-0.4, -0.2) is 76.3 Å². The molecule has 1 unspecified atom stereocenters. The van der Waals surface area contributed by atoms with Crippen molar-refractivity contribution in [3.05, 3.63) is 41.1 Å². The van der Waals surface area contributed by atoms with Crippen LogP contribution in [0, 0.1) is 0 Å². The smallest absolute Gasteiger partial charge is 0.338 e. The van der Waals surface area contributed by atoms with E-state index in [4.69, 9.17) is 14.2 Å². The van der Waals surface area contributed by atoms with Crippen molar-refractivity contribution >= 4 is 12.0 Å². The number of rotatable bonds is 6. The van der Waals surface area contributed by atoms with Gasteiger partial charge in [0.15, 0.2) is 0 Å². The molecule has 0 radical (unpaired) electrons. The van der Waals surface area contributed by atoms with Crippen LogP contribution in [-0.2, 0) is 14.3 Å². The summed E-state index contributed by atoms with van der Waals surface area (Å²) in [5.74, 6) is -0.300. The number of carbonyl (C=O) groups is 2. The highest BCUT2D eigenvalue weighted by molar-refractivity contribution is 5.95. The summed E-state index contributed by atoms with van der Waals surface area (Å²) >= 11 is 0. The third-order valence-corrected chi connectivity index (χ3v) is 5.08. The van der Waals surface area contributed by atoms with E-state index in [1.165, 1.54) is 12.1 Å². The maximum atomic E-state index is 12.4. The number of aliphatic hydroxyl groups excluding tert-OH is 4. The van der Waals surface area contributed by atoms with Gasteiger partial charge in [0.2, 0.25) is 6.29 Å². The molecule has 0 aliphatic carbocycles. The van der Waals surface area contributed by atoms with Gasteiger partial charge in [0.05, 0.1) is 24.8 Å². The maximum absolute atomic E-state index is 12.4. The second-order valence-electron chi connectivity index (χ2n) is 7.17. The Morgan fingerprint density at radius 2 is 1.81 bits per heavy atom. The lowest BCUT2D eigenvalue weighted by Gasteiger charge is -2.39. The Hall–Kier alpha value is -2.70. The first-order valence-electron chi connectivity index (χ1n) is 9.79. The number of amides is 2. The van der Waals surface area contributed by atoms with Crippen molar-refractivity contribution in [1.82, 2.24) is 10.6 Å². The molecule has 0 spiro atoms. The van der Waals surface area contributed by atoms with E-state index < -0.39 is 55.4 Å². The van der Waals surface area contributed by atoms with Gasteiger partial charge in [-0.15, -0.1) is 0 Å². The quantitative estimate of drug-likeness (QED) is 0.307. The van der Waals surface area contributed by atoms with Gasteiger partial charge in [0.25, 0.3) is 0 Å². The topological polar surface area (TPSA) is 167 Å². The van der Waals surface area contributed by atoms with Gasteiger partial charge in [-0.2, -0.15) is 0 Å². The molecule has 2 amide bonds. The van der Waals surface area contributed by atoms with Gasteiger partial charge in [0, 0.05) is 5.70 Å². The van der Waals surface area contributed by atoms with E-state index in [0.717, 1.165) is 0 Å². The number of hydrogen-bond donors (Lipinski definition) is 6. The first-order chi connectivity index (χ1) is 14.8. The van der Waals surface area contributed by atoms with Crippen molar-refractivity contribution in [2.75, 3.05) is 13.2 Å². The number of hydrogen-bond acceptors (Lipinski definition) is 9. The van der Waals surface area contributed by atoms with Crippen molar-refractivity contribution < 1.29 is 44.2 Å². The zero-order valence-electron chi connectivity index (χ0n) is 17.0. The van der Waals surface area contributed by atoms with Gasteiger partial charge in [-0.3, -0.25) is 0 Å². The third kappa shape index (κ3) is 4.81. The number of nitrogens with one attached hydrogen (secondary N) is 2. The Kier molecular flexibility index (Phi) is 7.13. The van der Waals surface area contributed by atoms with E-state index >= 15 is 0 Å². The fraction of sp³-hybridized carbons (Fsp3) is 0.500. The minimum atomic E-state index is -1.56. The van der Waals surface area contributed by atoms with Crippen molar-refractivity contribution in [2.24, 2.45) is 0 Å². The molecule has 2 aliphatic heterocycles. The van der Waals surface area contributed by atoms with Crippen LogP contribution >= 0.6 is 0 Å². The summed E-state index contributed by atoms with van der Waals surface area (Å²) in [5, 5.41) is 44.3. The molecule has 6 atom stereocenters. The molecule has 2 aliphatic rings. The van der Waals surface area contributed by atoms with E-state index in [-0.39, 0.29) is 17.9 Å². The first kappa shape index (κ1) is 23.0. The molecule has 0 saturated carbocycles. The number of aliphatic hydroxyl groups is 4. The minimum absolute atomic E-state index is 0.183. The molecule has 11 heteroatoms. The summed E-state index contributed by atoms with van der Waals surface area (Å²) in [4.78, 5) is 24.3. The largest absolute Gasteiger partial charge is 0.463 e. The molecule has 2 heterocycles. The molecule has 11 nitrogen and oxygen atoms in total. The second kappa shape index (κ2) is 9.62. The Balaban J connectivity index is 1.78. The lowest BCUT2D eigenvalue weighted by atomic mass is 9.95. The molecule has 6 N–H and O–H groups in total. The average molecular weight is 438 g/mol. The third-order valence-electron chi connectivity index (χ3n) is 5.08. The van der Waals surface area contributed by atoms with Crippen LogP contribution in [0.15, 0.2) is 35.5 Å². The molecule has 1 aromatic rings. The fourth-order valence-electron chi connectivity index (χ4n) is 3.46. The van der Waals surface area contributed by atoms with Gasteiger partial charge in [0.1, 0.15) is 30.2 Å². The van der Waals surface area contributed by atoms with Gasteiger partial charge in [-0.25, -0.2) is 9.59 Å². The van der Waals surface area contributed by atoms with Crippen LogP contribution in [0.5, 0.6) is 5.75 Å².